The molecule has 3 N–H and O–H groups in total. The second kappa shape index (κ2) is 19.9. The summed E-state index contributed by atoms with van der Waals surface area (Å²) in [5, 5.41) is 11.1. The van der Waals surface area contributed by atoms with Crippen LogP contribution >= 0.6 is 0 Å². The Balaban J connectivity index is 0.000000142. The fraction of sp³-hybridized carbons (Fsp3) is 0.255. The van der Waals surface area contributed by atoms with Gasteiger partial charge in [-0.15, -0.1) is 4.98 Å². The Hall–Kier alpha value is -7.44. The number of nitrogens with zero attached hydrogens (tertiary/aromatic N) is 9. The lowest BCUT2D eigenvalue weighted by Gasteiger charge is -2.26. The summed E-state index contributed by atoms with van der Waals surface area (Å²) in [6.45, 7) is 14.4. The van der Waals surface area contributed by atoms with Crippen molar-refractivity contribution >= 4 is 51.0 Å². The van der Waals surface area contributed by atoms with E-state index in [9.17, 15) is 10.1 Å². The number of nitro benzene ring substituents is 1. The molecule has 3 aromatic heterocycles. The molecule has 326 valence electrons. The van der Waals surface area contributed by atoms with Crippen LogP contribution in [-0.4, -0.2) is 85.5 Å². The third kappa shape index (κ3) is 10.5. The van der Waals surface area contributed by atoms with Gasteiger partial charge in [0.1, 0.15) is 17.7 Å². The first kappa shape index (κ1) is 42.8. The minimum absolute atomic E-state index is 0.103. The van der Waals surface area contributed by atoms with Gasteiger partial charge in [0.2, 0.25) is 0 Å². The number of hydrogen-bond acceptors (Lipinski definition) is 11. The van der Waals surface area contributed by atoms with Crippen LogP contribution in [0.5, 0.6) is 0 Å². The maximum Gasteiger partial charge on any atom is 0.292 e. The number of nitrogen functional groups attached to an aromatic ring is 1. The Morgan fingerprint density at radius 3 is 2.12 bits per heavy atom. The van der Waals surface area contributed by atoms with Gasteiger partial charge >= 0.3 is 0 Å². The third-order valence-corrected chi connectivity index (χ3v) is 11.9. The average molecular weight is 864 g/mol. The summed E-state index contributed by atoms with van der Waals surface area (Å²) in [5.41, 5.74) is 19.8. The van der Waals surface area contributed by atoms with Crippen molar-refractivity contribution in [3.8, 4) is 11.4 Å². The maximum atomic E-state index is 11.1. The molecule has 0 saturated carbocycles. The van der Waals surface area contributed by atoms with Crippen LogP contribution in [0.1, 0.15) is 52.8 Å². The number of nitrogens with one attached hydrogen (secondary N) is 1. The molecule has 65 heavy (non-hydrogen) atoms. The number of fused-ring (bicyclic) bond motifs is 3. The molecule has 0 amide bonds. The predicted octanol–water partition coefficient (Wildman–Crippen LogP) is 9.61. The molecule has 2 fully saturated rings. The molecule has 14 heteroatoms. The molecular weight excluding hydrogens is 815 g/mol. The molecule has 7 heterocycles. The highest BCUT2D eigenvalue weighted by molar-refractivity contribution is 6.09. The molecule has 0 radical (unpaired) electrons. The Kier molecular flexibility index (Phi) is 13.1. The van der Waals surface area contributed by atoms with Crippen molar-refractivity contribution in [2.75, 3.05) is 45.1 Å². The number of benzene rings is 4. The molecule has 2 saturated heterocycles. The number of morpholine rings is 1. The molecule has 4 aliphatic heterocycles. The molecule has 0 bridgehead atoms. The molecule has 0 atom stereocenters. The summed E-state index contributed by atoms with van der Waals surface area (Å²) in [7, 11) is 0. The van der Waals surface area contributed by atoms with E-state index in [1.807, 2.05) is 30.5 Å². The van der Waals surface area contributed by atoms with Crippen LogP contribution < -0.4 is 5.73 Å². The number of H-pyrrole nitrogens is 1. The zero-order chi connectivity index (χ0) is 44.5. The molecule has 4 aromatic carbocycles. The summed E-state index contributed by atoms with van der Waals surface area (Å²) in [6.07, 6.45) is 9.01. The van der Waals surface area contributed by atoms with E-state index in [0.717, 1.165) is 105 Å². The Labute approximate surface area is 377 Å². The van der Waals surface area contributed by atoms with Gasteiger partial charge in [0.15, 0.2) is 0 Å². The summed E-state index contributed by atoms with van der Waals surface area (Å²) in [6, 6.07) is 35.5. The molecule has 0 unspecified atom stereocenters. The van der Waals surface area contributed by atoms with Crippen molar-refractivity contribution in [2.24, 2.45) is 9.98 Å². The maximum absolute atomic E-state index is 11.1. The third-order valence-electron chi connectivity index (χ3n) is 11.9. The highest BCUT2D eigenvalue weighted by Gasteiger charge is 2.22. The number of aromatic nitrogens is 4. The molecule has 0 aliphatic carbocycles. The SMILES string of the molecule is Nc1ccc(-c2nc3ccc(CN4CCCCC4)cc3[nH]2)cc1[N+](=O)[O-].[C-]#[N+]c1ccccn1.c1ccc(C2=Nc3ccc(C4=Nc5ccc(CN6CCOCC6)cc5C4)cc3C2)nc1. The zero-order valence-electron chi connectivity index (χ0n) is 36.1. The van der Waals surface area contributed by atoms with Crippen LogP contribution in [0, 0.1) is 16.7 Å². The van der Waals surface area contributed by atoms with Crippen LogP contribution in [0.15, 0.2) is 132 Å². The minimum Gasteiger partial charge on any atom is -0.393 e. The summed E-state index contributed by atoms with van der Waals surface area (Å²) >= 11 is 0. The number of rotatable bonds is 8. The first-order valence-electron chi connectivity index (χ1n) is 22.0. The predicted molar refractivity (Wildman–Crippen MR) is 255 cm³/mol. The number of aliphatic imine (C=N–C) groups is 2. The lowest BCUT2D eigenvalue weighted by molar-refractivity contribution is -0.383. The summed E-state index contributed by atoms with van der Waals surface area (Å²) in [5.74, 6) is 1.06. The quantitative estimate of drug-likeness (QED) is 0.0654. The number of ether oxygens (including phenoxy) is 1. The van der Waals surface area contributed by atoms with Crippen LogP contribution in [0.2, 0.25) is 0 Å². The second-order valence-corrected chi connectivity index (χ2v) is 16.5. The lowest BCUT2D eigenvalue weighted by atomic mass is 9.99. The lowest BCUT2D eigenvalue weighted by Crippen LogP contribution is -2.35. The molecule has 14 nitrogen and oxygen atoms in total. The number of imidazole rings is 1. The van der Waals surface area contributed by atoms with E-state index in [1.54, 1.807) is 36.5 Å². The average Bonchev–Trinajstić information content (AvgIpc) is 4.10. The van der Waals surface area contributed by atoms with E-state index in [4.69, 9.17) is 27.0 Å². The first-order valence-corrected chi connectivity index (χ1v) is 22.0. The van der Waals surface area contributed by atoms with Crippen molar-refractivity contribution in [2.45, 2.75) is 45.2 Å². The number of nitrogens with two attached hydrogens (primary N) is 1. The van der Waals surface area contributed by atoms with Crippen LogP contribution in [0.4, 0.5) is 28.6 Å². The van der Waals surface area contributed by atoms with Crippen molar-refractivity contribution in [1.29, 1.82) is 0 Å². The van der Waals surface area contributed by atoms with Gasteiger partial charge in [0.05, 0.1) is 57.7 Å². The van der Waals surface area contributed by atoms with Crippen molar-refractivity contribution in [1.82, 2.24) is 29.7 Å². The topological polar surface area (TPSA) is 168 Å². The fourth-order valence-corrected chi connectivity index (χ4v) is 8.54. The van der Waals surface area contributed by atoms with E-state index in [1.165, 1.54) is 53.1 Å². The largest absolute Gasteiger partial charge is 0.393 e. The number of aromatic amines is 1. The smallest absolute Gasteiger partial charge is 0.292 e. The minimum atomic E-state index is -0.474. The van der Waals surface area contributed by atoms with Crippen molar-refractivity contribution in [3.05, 3.63) is 177 Å². The van der Waals surface area contributed by atoms with Crippen LogP contribution in [0.3, 0.4) is 0 Å². The normalized spacial score (nSPS) is 15.6. The van der Waals surface area contributed by atoms with Gasteiger partial charge in [-0.2, -0.15) is 0 Å². The van der Waals surface area contributed by atoms with Gasteiger partial charge in [-0.25, -0.2) is 4.98 Å². The van der Waals surface area contributed by atoms with Gasteiger partial charge in [-0.05, 0) is 120 Å². The molecule has 0 spiro atoms. The van der Waals surface area contributed by atoms with E-state index < -0.39 is 4.92 Å². The molecule has 4 aliphatic rings. The molecule has 7 aromatic rings. The number of anilines is 1. The summed E-state index contributed by atoms with van der Waals surface area (Å²) in [4.78, 5) is 44.5. The van der Waals surface area contributed by atoms with Gasteiger partial charge in [0, 0.05) is 56.8 Å². The molecular formula is C51H49N11O3. The number of pyridine rings is 2. The van der Waals surface area contributed by atoms with E-state index in [-0.39, 0.29) is 11.4 Å². The fourth-order valence-electron chi connectivity index (χ4n) is 8.54. The van der Waals surface area contributed by atoms with Gasteiger partial charge in [-0.1, -0.05) is 49.4 Å². The Morgan fingerprint density at radius 1 is 0.723 bits per heavy atom. The van der Waals surface area contributed by atoms with Gasteiger partial charge < -0.3 is 20.3 Å². The van der Waals surface area contributed by atoms with Gasteiger partial charge in [-0.3, -0.25) is 34.9 Å². The van der Waals surface area contributed by atoms with Crippen molar-refractivity contribution in [3.63, 3.8) is 0 Å². The second-order valence-electron chi connectivity index (χ2n) is 16.5. The van der Waals surface area contributed by atoms with Gasteiger partial charge in [0.25, 0.3) is 11.5 Å². The number of piperidine rings is 1. The zero-order valence-corrected chi connectivity index (χ0v) is 36.1. The first-order chi connectivity index (χ1) is 31.8. The highest BCUT2D eigenvalue weighted by Crippen LogP contribution is 2.34. The monoisotopic (exact) mass is 863 g/mol. The summed E-state index contributed by atoms with van der Waals surface area (Å²) < 4.78 is 5.47. The van der Waals surface area contributed by atoms with E-state index >= 15 is 0 Å². The molecule has 11 rings (SSSR count). The van der Waals surface area contributed by atoms with E-state index in [2.05, 4.69) is 83.1 Å². The van der Waals surface area contributed by atoms with Crippen LogP contribution in [-0.2, 0) is 30.7 Å². The van der Waals surface area contributed by atoms with Crippen LogP contribution in [0.25, 0.3) is 27.3 Å². The number of likely N-dealkylation sites (tertiary alicyclic amines) is 1. The van der Waals surface area contributed by atoms with Crippen molar-refractivity contribution < 1.29 is 9.66 Å². The Morgan fingerprint density at radius 2 is 1.40 bits per heavy atom. The highest BCUT2D eigenvalue weighted by atomic mass is 16.6. The number of nitro groups is 1. The van der Waals surface area contributed by atoms with E-state index in [0.29, 0.717) is 17.2 Å². The Bertz CT molecular complexity index is 2910. The standard InChI is InChI=1S/C26H24N4O.C19H21N5O2.C6H4N2/c1-2-8-27-24(3-1)26-16-21-14-19(5-7-23(21)29-26)25-15-20-13-18(4-6-22(20)28-25)17-30-9-11-31-12-10-30;20-15-6-5-14(11-18(15)24(25)26)19-21-16-7-4-13(10-17(16)22-19)12-23-8-2-1-3-9-23;1-7-6-4-2-3-5-8-6/h1-8,13-14H,9-12,15-17H2;4-7,10-11H,1-3,8-9,12,20H2,(H,21,22);2-5H. The number of hydrogen-bond donors (Lipinski definition) is 2.